The smallest absolute Gasteiger partial charge is 0.0564 e. The maximum Gasteiger partial charge on any atom is 0.0564 e. The lowest BCUT2D eigenvalue weighted by Crippen LogP contribution is -2.46. The Labute approximate surface area is 103 Å². The summed E-state index contributed by atoms with van der Waals surface area (Å²) in [5, 5.41) is 13.1. The molecule has 0 saturated carbocycles. The second-order valence-electron chi connectivity index (χ2n) is 4.65. The highest BCUT2D eigenvalue weighted by Crippen LogP contribution is 2.20. The average Bonchev–Trinajstić information content (AvgIpc) is 2.31. The highest BCUT2D eigenvalue weighted by Gasteiger charge is 2.24. The number of rotatable bonds is 6. The van der Waals surface area contributed by atoms with Gasteiger partial charge in [0.15, 0.2) is 0 Å². The highest BCUT2D eigenvalue weighted by atomic mass is 32.2. The lowest BCUT2D eigenvalue weighted by atomic mass is 9.92. The Kier molecular flexibility index (Phi) is 6.73. The van der Waals surface area contributed by atoms with E-state index in [1.165, 1.54) is 0 Å². The van der Waals surface area contributed by atoms with Gasteiger partial charge in [-0.25, -0.2) is 0 Å². The summed E-state index contributed by atoms with van der Waals surface area (Å²) in [4.78, 5) is 0. The summed E-state index contributed by atoms with van der Waals surface area (Å²) in [6, 6.07) is 0.873. The first-order valence-electron chi connectivity index (χ1n) is 6.16. The molecule has 3 nitrogen and oxygen atoms in total. The minimum absolute atomic E-state index is 0.246. The van der Waals surface area contributed by atoms with Crippen molar-refractivity contribution < 1.29 is 9.84 Å². The first kappa shape index (κ1) is 14.3. The fraction of sp³-hybridized carbons (Fsp3) is 1.00. The predicted octanol–water partition coefficient (Wildman–Crippen LogP) is 1.50. The zero-order valence-electron chi connectivity index (χ0n) is 10.6. The van der Waals surface area contributed by atoms with Crippen LogP contribution in [-0.2, 0) is 4.74 Å². The van der Waals surface area contributed by atoms with E-state index >= 15 is 0 Å². The molecular formula is C12H25NO2S. The van der Waals surface area contributed by atoms with Gasteiger partial charge in [-0.2, -0.15) is 11.8 Å². The van der Waals surface area contributed by atoms with Crippen LogP contribution < -0.4 is 5.32 Å². The van der Waals surface area contributed by atoms with Crippen LogP contribution in [-0.4, -0.2) is 48.5 Å². The summed E-state index contributed by atoms with van der Waals surface area (Å²) in [6.45, 7) is 6.46. The molecule has 1 aliphatic rings. The van der Waals surface area contributed by atoms with E-state index in [0.29, 0.717) is 17.3 Å². The minimum Gasteiger partial charge on any atom is -0.395 e. The van der Waals surface area contributed by atoms with Crippen molar-refractivity contribution in [2.45, 2.75) is 44.0 Å². The SMILES string of the molecule is CSC(CO)C(C)NC(C)C1CCOCC1. The summed E-state index contributed by atoms with van der Waals surface area (Å²) in [7, 11) is 0. The Bertz CT molecular complexity index is 182. The molecule has 96 valence electrons. The number of ether oxygens (including phenoxy) is 1. The third kappa shape index (κ3) is 4.24. The van der Waals surface area contributed by atoms with Crippen LogP contribution in [0.3, 0.4) is 0 Å². The van der Waals surface area contributed by atoms with E-state index in [1.807, 2.05) is 0 Å². The van der Waals surface area contributed by atoms with Crippen molar-refractivity contribution in [2.24, 2.45) is 5.92 Å². The lowest BCUT2D eigenvalue weighted by molar-refractivity contribution is 0.0543. The molecule has 1 heterocycles. The van der Waals surface area contributed by atoms with Crippen molar-refractivity contribution in [3.8, 4) is 0 Å². The molecule has 1 aliphatic heterocycles. The van der Waals surface area contributed by atoms with E-state index in [9.17, 15) is 5.11 Å². The molecule has 1 saturated heterocycles. The molecule has 16 heavy (non-hydrogen) atoms. The van der Waals surface area contributed by atoms with E-state index in [-0.39, 0.29) is 6.61 Å². The maximum atomic E-state index is 9.24. The number of nitrogens with one attached hydrogen (secondary N) is 1. The maximum absolute atomic E-state index is 9.24. The fourth-order valence-electron chi connectivity index (χ4n) is 2.31. The van der Waals surface area contributed by atoms with Crippen LogP contribution in [0.25, 0.3) is 0 Å². The number of hydrogen-bond acceptors (Lipinski definition) is 4. The van der Waals surface area contributed by atoms with E-state index in [4.69, 9.17) is 4.74 Å². The number of hydrogen-bond donors (Lipinski definition) is 2. The molecule has 0 spiro atoms. The third-order valence-corrected chi connectivity index (χ3v) is 4.70. The average molecular weight is 247 g/mol. The Morgan fingerprint density at radius 3 is 2.50 bits per heavy atom. The summed E-state index contributed by atoms with van der Waals surface area (Å²) in [5.74, 6) is 0.720. The van der Waals surface area contributed by atoms with Crippen molar-refractivity contribution in [1.29, 1.82) is 0 Å². The van der Waals surface area contributed by atoms with E-state index in [0.717, 1.165) is 32.0 Å². The predicted molar refractivity (Wildman–Crippen MR) is 70.0 cm³/mol. The first-order valence-corrected chi connectivity index (χ1v) is 7.45. The monoisotopic (exact) mass is 247 g/mol. The number of aliphatic hydroxyl groups excluding tert-OH is 1. The van der Waals surface area contributed by atoms with Crippen molar-refractivity contribution >= 4 is 11.8 Å². The Hall–Kier alpha value is 0.230. The van der Waals surface area contributed by atoms with Crippen molar-refractivity contribution in [3.63, 3.8) is 0 Å². The van der Waals surface area contributed by atoms with Gasteiger partial charge in [0.25, 0.3) is 0 Å². The van der Waals surface area contributed by atoms with Gasteiger partial charge < -0.3 is 15.2 Å². The van der Waals surface area contributed by atoms with Gasteiger partial charge in [0.1, 0.15) is 0 Å². The third-order valence-electron chi connectivity index (χ3n) is 3.54. The van der Waals surface area contributed by atoms with Crippen LogP contribution in [0.15, 0.2) is 0 Å². The van der Waals surface area contributed by atoms with Crippen LogP contribution in [0.4, 0.5) is 0 Å². The van der Waals surface area contributed by atoms with Crippen molar-refractivity contribution in [1.82, 2.24) is 5.32 Å². The largest absolute Gasteiger partial charge is 0.395 e. The van der Waals surface area contributed by atoms with Crippen LogP contribution in [0.5, 0.6) is 0 Å². The van der Waals surface area contributed by atoms with Crippen LogP contribution >= 0.6 is 11.8 Å². The topological polar surface area (TPSA) is 41.5 Å². The van der Waals surface area contributed by atoms with Gasteiger partial charge in [-0.05, 0) is 38.9 Å². The van der Waals surface area contributed by atoms with Gasteiger partial charge in [0.05, 0.1) is 6.61 Å². The molecular weight excluding hydrogens is 222 g/mol. The molecule has 1 rings (SSSR count). The summed E-state index contributed by atoms with van der Waals surface area (Å²) in [5.41, 5.74) is 0. The zero-order valence-corrected chi connectivity index (χ0v) is 11.4. The molecule has 0 aromatic rings. The van der Waals surface area contributed by atoms with Gasteiger partial charge in [-0.1, -0.05) is 0 Å². The minimum atomic E-state index is 0.246. The summed E-state index contributed by atoms with van der Waals surface area (Å²) in [6.07, 6.45) is 4.37. The van der Waals surface area contributed by atoms with Gasteiger partial charge in [-0.3, -0.25) is 0 Å². The lowest BCUT2D eigenvalue weighted by Gasteiger charge is -2.32. The van der Waals surface area contributed by atoms with Gasteiger partial charge >= 0.3 is 0 Å². The molecule has 2 N–H and O–H groups in total. The van der Waals surface area contributed by atoms with Gasteiger partial charge in [0, 0.05) is 30.5 Å². The summed E-state index contributed by atoms with van der Waals surface area (Å²) >= 11 is 1.73. The molecule has 0 amide bonds. The quantitative estimate of drug-likeness (QED) is 0.746. The van der Waals surface area contributed by atoms with Crippen molar-refractivity contribution in [3.05, 3.63) is 0 Å². The summed E-state index contributed by atoms with van der Waals surface area (Å²) < 4.78 is 5.37. The molecule has 0 aliphatic carbocycles. The highest BCUT2D eigenvalue weighted by molar-refractivity contribution is 7.99. The standard InChI is InChI=1S/C12H25NO2S/c1-9(11-4-6-15-7-5-11)13-10(2)12(8-14)16-3/h9-14H,4-8H2,1-3H3. The van der Waals surface area contributed by atoms with Gasteiger partial charge in [0.2, 0.25) is 0 Å². The molecule has 0 aromatic heterocycles. The van der Waals surface area contributed by atoms with E-state index < -0.39 is 0 Å². The van der Waals surface area contributed by atoms with Crippen molar-refractivity contribution in [2.75, 3.05) is 26.1 Å². The second-order valence-corrected chi connectivity index (χ2v) is 5.73. The van der Waals surface area contributed by atoms with Gasteiger partial charge in [-0.15, -0.1) is 0 Å². The molecule has 0 aromatic carbocycles. The van der Waals surface area contributed by atoms with Crippen LogP contribution in [0.1, 0.15) is 26.7 Å². The molecule has 1 fully saturated rings. The van der Waals surface area contributed by atoms with E-state index in [1.54, 1.807) is 11.8 Å². The molecule has 3 atom stereocenters. The van der Waals surface area contributed by atoms with Crippen LogP contribution in [0.2, 0.25) is 0 Å². The Morgan fingerprint density at radius 1 is 1.38 bits per heavy atom. The van der Waals surface area contributed by atoms with Crippen LogP contribution in [0, 0.1) is 5.92 Å². The Morgan fingerprint density at radius 2 is 2.00 bits per heavy atom. The normalized spacial score (nSPS) is 24.0. The first-order chi connectivity index (χ1) is 7.69. The molecule has 0 bridgehead atoms. The molecule has 4 heteroatoms. The fourth-order valence-corrected chi connectivity index (χ4v) is 2.95. The van der Waals surface area contributed by atoms with E-state index in [2.05, 4.69) is 25.4 Å². The Balaban J connectivity index is 2.33. The second kappa shape index (κ2) is 7.54. The number of aliphatic hydroxyl groups is 1. The molecule has 0 radical (unpaired) electrons. The zero-order chi connectivity index (χ0) is 12.0. The molecule has 3 unspecified atom stereocenters. The number of thioether (sulfide) groups is 1.